The summed E-state index contributed by atoms with van der Waals surface area (Å²) in [4.78, 5) is 31.9. The van der Waals surface area contributed by atoms with E-state index in [9.17, 15) is 9.59 Å². The Bertz CT molecular complexity index is 1040. The Morgan fingerprint density at radius 3 is 2.85 bits per heavy atom. The third kappa shape index (κ3) is 4.33. The molecule has 3 N–H and O–H groups in total. The molecule has 1 aromatic carbocycles. The van der Waals surface area contributed by atoms with Gasteiger partial charge in [-0.3, -0.25) is 14.6 Å². The first-order chi connectivity index (χ1) is 12.9. The Kier molecular flexibility index (Phi) is 4.95. The number of amides is 2. The number of anilines is 1. The highest BCUT2D eigenvalue weighted by atomic mass is 16.2. The third-order valence-electron chi connectivity index (χ3n) is 4.09. The van der Waals surface area contributed by atoms with Crippen molar-refractivity contribution in [2.75, 3.05) is 5.32 Å². The van der Waals surface area contributed by atoms with Gasteiger partial charge in [0.25, 0.3) is 5.91 Å². The summed E-state index contributed by atoms with van der Waals surface area (Å²) < 4.78 is 0. The second kappa shape index (κ2) is 7.34. The van der Waals surface area contributed by atoms with E-state index in [1.165, 1.54) is 12.3 Å². The van der Waals surface area contributed by atoms with Gasteiger partial charge in [-0.1, -0.05) is 24.1 Å². The molecule has 3 aromatic rings. The van der Waals surface area contributed by atoms with E-state index in [2.05, 4.69) is 26.5 Å². The SMILES string of the molecule is C#CC(C)(C)NC(=O)c1cc(NC(=O)Cc2cccc3cc[nH]c23)ccn1. The molecule has 0 aliphatic carbocycles. The van der Waals surface area contributed by atoms with Gasteiger partial charge in [0.05, 0.1) is 12.0 Å². The monoisotopic (exact) mass is 360 g/mol. The number of carbonyl (C=O) groups is 2. The average Bonchev–Trinajstić information content (AvgIpc) is 3.11. The van der Waals surface area contributed by atoms with E-state index in [1.807, 2.05) is 30.5 Å². The van der Waals surface area contributed by atoms with Crippen LogP contribution >= 0.6 is 0 Å². The van der Waals surface area contributed by atoms with Gasteiger partial charge in [-0.25, -0.2) is 0 Å². The molecule has 0 unspecified atom stereocenters. The standard InChI is InChI=1S/C21H20N4O2/c1-4-21(2,3)25-20(27)17-13-16(9-11-22-17)24-18(26)12-15-7-5-6-14-8-10-23-19(14)15/h1,5-11,13,23H,12H2,2-3H3,(H,25,27)(H,22,24,26). The minimum Gasteiger partial charge on any atom is -0.361 e. The number of benzene rings is 1. The van der Waals surface area contributed by atoms with Crippen molar-refractivity contribution in [2.45, 2.75) is 25.8 Å². The number of hydrogen-bond acceptors (Lipinski definition) is 3. The van der Waals surface area contributed by atoms with Crippen molar-refractivity contribution in [2.24, 2.45) is 0 Å². The summed E-state index contributed by atoms with van der Waals surface area (Å²) in [5.74, 6) is 1.92. The molecule has 0 saturated carbocycles. The maximum Gasteiger partial charge on any atom is 0.271 e. The van der Waals surface area contributed by atoms with Gasteiger partial charge in [-0.15, -0.1) is 6.42 Å². The van der Waals surface area contributed by atoms with Gasteiger partial charge in [0, 0.05) is 23.6 Å². The van der Waals surface area contributed by atoms with E-state index >= 15 is 0 Å². The zero-order valence-corrected chi connectivity index (χ0v) is 15.2. The number of H-pyrrole nitrogens is 1. The third-order valence-corrected chi connectivity index (χ3v) is 4.09. The predicted octanol–water partition coefficient (Wildman–Crippen LogP) is 2.89. The highest BCUT2D eigenvalue weighted by Gasteiger charge is 2.19. The molecule has 2 aromatic heterocycles. The molecule has 3 rings (SSSR count). The molecule has 27 heavy (non-hydrogen) atoms. The van der Waals surface area contributed by atoms with Crippen LogP contribution in [0.4, 0.5) is 5.69 Å². The minimum absolute atomic E-state index is 0.182. The maximum absolute atomic E-state index is 12.4. The molecule has 0 aliphatic rings. The van der Waals surface area contributed by atoms with Crippen molar-refractivity contribution in [3.63, 3.8) is 0 Å². The summed E-state index contributed by atoms with van der Waals surface area (Å²) in [6.07, 6.45) is 8.92. The Balaban J connectivity index is 1.71. The fourth-order valence-corrected chi connectivity index (χ4v) is 2.69. The van der Waals surface area contributed by atoms with Gasteiger partial charge in [-0.2, -0.15) is 0 Å². The molecule has 0 radical (unpaired) electrons. The number of rotatable bonds is 5. The number of terminal acetylenes is 1. The molecule has 2 heterocycles. The first-order valence-electron chi connectivity index (χ1n) is 8.49. The van der Waals surface area contributed by atoms with E-state index in [4.69, 9.17) is 6.42 Å². The molecule has 6 nitrogen and oxygen atoms in total. The first kappa shape index (κ1) is 18.2. The van der Waals surface area contributed by atoms with Gasteiger partial charge in [0.2, 0.25) is 5.91 Å². The number of para-hydroxylation sites is 1. The van der Waals surface area contributed by atoms with E-state index in [0.29, 0.717) is 5.69 Å². The number of aromatic amines is 1. The van der Waals surface area contributed by atoms with Crippen LogP contribution < -0.4 is 10.6 Å². The summed E-state index contributed by atoms with van der Waals surface area (Å²) >= 11 is 0. The highest BCUT2D eigenvalue weighted by molar-refractivity contribution is 5.97. The average molecular weight is 360 g/mol. The molecule has 0 spiro atoms. The van der Waals surface area contributed by atoms with Gasteiger partial charge in [0.15, 0.2) is 0 Å². The topological polar surface area (TPSA) is 86.9 Å². The first-order valence-corrected chi connectivity index (χ1v) is 8.49. The van der Waals surface area contributed by atoms with E-state index in [-0.39, 0.29) is 18.0 Å². The van der Waals surface area contributed by atoms with Crippen molar-refractivity contribution < 1.29 is 9.59 Å². The smallest absolute Gasteiger partial charge is 0.271 e. The van der Waals surface area contributed by atoms with Crippen LogP contribution in [0.5, 0.6) is 0 Å². The number of fused-ring (bicyclic) bond motifs is 1. The fourth-order valence-electron chi connectivity index (χ4n) is 2.69. The summed E-state index contributed by atoms with van der Waals surface area (Å²) in [5, 5.41) is 6.57. The Hall–Kier alpha value is -3.59. The summed E-state index contributed by atoms with van der Waals surface area (Å²) in [7, 11) is 0. The van der Waals surface area contributed by atoms with Gasteiger partial charge < -0.3 is 15.6 Å². The van der Waals surface area contributed by atoms with Crippen LogP contribution in [0.2, 0.25) is 0 Å². The van der Waals surface area contributed by atoms with Gasteiger partial charge in [0.1, 0.15) is 5.69 Å². The molecule has 136 valence electrons. The van der Waals surface area contributed by atoms with Gasteiger partial charge >= 0.3 is 0 Å². The highest BCUT2D eigenvalue weighted by Crippen LogP contribution is 2.18. The number of nitrogens with one attached hydrogen (secondary N) is 3. The lowest BCUT2D eigenvalue weighted by Gasteiger charge is -2.19. The molecule has 0 atom stereocenters. The quantitative estimate of drug-likeness (QED) is 0.612. The van der Waals surface area contributed by atoms with Crippen LogP contribution in [0.1, 0.15) is 29.9 Å². The molecular formula is C21H20N4O2. The zero-order chi connectivity index (χ0) is 19.4. The fraction of sp³-hybridized carbons (Fsp3) is 0.190. The normalized spacial score (nSPS) is 11.0. The number of hydrogen-bond donors (Lipinski definition) is 3. The molecular weight excluding hydrogens is 340 g/mol. The summed E-state index contributed by atoms with van der Waals surface area (Å²) in [5.41, 5.74) is 1.74. The van der Waals surface area contributed by atoms with Crippen molar-refractivity contribution in [1.82, 2.24) is 15.3 Å². The summed E-state index contributed by atoms with van der Waals surface area (Å²) in [6, 6.07) is 10.9. The molecule has 0 bridgehead atoms. The van der Waals surface area contributed by atoms with Crippen LogP contribution in [0, 0.1) is 12.3 Å². The van der Waals surface area contributed by atoms with Crippen LogP contribution in [0.3, 0.4) is 0 Å². The second-order valence-corrected chi connectivity index (χ2v) is 6.74. The van der Waals surface area contributed by atoms with Crippen molar-refractivity contribution >= 4 is 28.4 Å². The maximum atomic E-state index is 12.4. The Morgan fingerprint density at radius 2 is 2.07 bits per heavy atom. The number of carbonyl (C=O) groups excluding carboxylic acids is 2. The van der Waals surface area contributed by atoms with E-state index < -0.39 is 11.4 Å². The van der Waals surface area contributed by atoms with Crippen molar-refractivity contribution in [3.8, 4) is 12.3 Å². The number of nitrogens with zero attached hydrogens (tertiary/aromatic N) is 1. The molecule has 2 amide bonds. The lowest BCUT2D eigenvalue weighted by molar-refractivity contribution is -0.115. The Labute approximate surface area is 157 Å². The zero-order valence-electron chi connectivity index (χ0n) is 15.2. The second-order valence-electron chi connectivity index (χ2n) is 6.74. The van der Waals surface area contributed by atoms with Crippen molar-refractivity contribution in [1.29, 1.82) is 0 Å². The lowest BCUT2D eigenvalue weighted by Crippen LogP contribution is -2.42. The largest absolute Gasteiger partial charge is 0.361 e. The molecule has 0 saturated heterocycles. The van der Waals surface area contributed by atoms with Gasteiger partial charge in [-0.05, 0) is 43.0 Å². The minimum atomic E-state index is -0.785. The van der Waals surface area contributed by atoms with Crippen LogP contribution in [-0.4, -0.2) is 27.3 Å². The van der Waals surface area contributed by atoms with Crippen LogP contribution in [-0.2, 0) is 11.2 Å². The molecule has 0 aliphatic heterocycles. The number of aromatic nitrogens is 2. The summed E-state index contributed by atoms with van der Waals surface area (Å²) in [6.45, 7) is 3.44. The predicted molar refractivity (Wildman–Crippen MR) is 105 cm³/mol. The molecule has 6 heteroatoms. The van der Waals surface area contributed by atoms with Crippen LogP contribution in [0.25, 0.3) is 10.9 Å². The van der Waals surface area contributed by atoms with E-state index in [1.54, 1.807) is 19.9 Å². The molecule has 0 fully saturated rings. The lowest BCUT2D eigenvalue weighted by atomic mass is 10.1. The number of pyridine rings is 1. The van der Waals surface area contributed by atoms with E-state index in [0.717, 1.165) is 16.5 Å². The van der Waals surface area contributed by atoms with Crippen molar-refractivity contribution in [3.05, 3.63) is 60.0 Å². The van der Waals surface area contributed by atoms with Crippen LogP contribution in [0.15, 0.2) is 48.8 Å². The Morgan fingerprint density at radius 1 is 1.26 bits per heavy atom.